The topological polar surface area (TPSA) is 144 Å². The van der Waals surface area contributed by atoms with Crippen molar-refractivity contribution >= 4 is 15.9 Å². The summed E-state index contributed by atoms with van der Waals surface area (Å²) < 4.78 is 61.8. The fraction of sp³-hybridized carbons (Fsp3) is 0.105. The van der Waals surface area contributed by atoms with Crippen LogP contribution in [0, 0.1) is 0 Å². The van der Waals surface area contributed by atoms with Crippen molar-refractivity contribution in [3.05, 3.63) is 92.3 Å². The van der Waals surface area contributed by atoms with E-state index in [1.165, 1.54) is 24.3 Å². The molecule has 168 valence electrons. The monoisotopic (exact) mass is 468 g/mol. The van der Waals surface area contributed by atoms with Gasteiger partial charge >= 0.3 is 11.9 Å². The average Bonchev–Trinajstić information content (AvgIpc) is 2.71. The first-order chi connectivity index (χ1) is 14.9. The number of aromatic amines is 1. The molecular weight excluding hydrogens is 453 g/mol. The molecular formula is C19H15F3N4O5S. The van der Waals surface area contributed by atoms with Gasteiger partial charge in [-0.15, -0.1) is 0 Å². The van der Waals surface area contributed by atoms with E-state index in [4.69, 9.17) is 5.14 Å². The Morgan fingerprint density at radius 2 is 1.75 bits per heavy atom. The van der Waals surface area contributed by atoms with Gasteiger partial charge in [0, 0.05) is 12.7 Å². The van der Waals surface area contributed by atoms with Gasteiger partial charge in [0.1, 0.15) is 5.56 Å². The lowest BCUT2D eigenvalue weighted by Crippen LogP contribution is -2.39. The van der Waals surface area contributed by atoms with Crippen LogP contribution in [0.3, 0.4) is 0 Å². The molecule has 3 rings (SSSR count). The minimum atomic E-state index is -4.69. The van der Waals surface area contributed by atoms with Gasteiger partial charge in [-0.1, -0.05) is 18.2 Å². The molecule has 0 bridgehead atoms. The SMILES string of the molecule is NS(=O)(=O)c1ccc(CNC(=O)c2c[nH]c(=O)n(-c3cccc(C(F)(F)F)c3)c2=O)cc1. The third kappa shape index (κ3) is 4.95. The van der Waals surface area contributed by atoms with Crippen molar-refractivity contribution in [2.45, 2.75) is 17.6 Å². The average molecular weight is 468 g/mol. The maximum Gasteiger partial charge on any atom is 0.416 e. The van der Waals surface area contributed by atoms with Crippen molar-refractivity contribution in [1.29, 1.82) is 0 Å². The number of nitrogens with zero attached hydrogens (tertiary/aromatic N) is 1. The molecule has 0 aliphatic rings. The van der Waals surface area contributed by atoms with Gasteiger partial charge in [-0.2, -0.15) is 13.2 Å². The van der Waals surface area contributed by atoms with Crippen LogP contribution in [0.2, 0.25) is 0 Å². The second-order valence-corrected chi connectivity index (χ2v) is 8.13. The number of sulfonamides is 1. The number of alkyl halides is 3. The fourth-order valence-electron chi connectivity index (χ4n) is 2.77. The summed E-state index contributed by atoms with van der Waals surface area (Å²) in [4.78, 5) is 39.3. The lowest BCUT2D eigenvalue weighted by atomic mass is 10.2. The highest BCUT2D eigenvalue weighted by molar-refractivity contribution is 7.89. The summed E-state index contributed by atoms with van der Waals surface area (Å²) in [6, 6.07) is 8.81. The zero-order valence-electron chi connectivity index (χ0n) is 16.0. The molecule has 4 N–H and O–H groups in total. The third-order valence-electron chi connectivity index (χ3n) is 4.36. The zero-order valence-corrected chi connectivity index (χ0v) is 16.8. The Balaban J connectivity index is 1.88. The van der Waals surface area contributed by atoms with Crippen molar-refractivity contribution in [3.63, 3.8) is 0 Å². The molecule has 1 aromatic heterocycles. The second-order valence-electron chi connectivity index (χ2n) is 6.57. The Labute approximate surface area is 178 Å². The van der Waals surface area contributed by atoms with Crippen LogP contribution in [0.4, 0.5) is 13.2 Å². The van der Waals surface area contributed by atoms with Crippen molar-refractivity contribution in [2.24, 2.45) is 5.14 Å². The van der Waals surface area contributed by atoms with Crippen molar-refractivity contribution in [3.8, 4) is 5.69 Å². The number of benzene rings is 2. The summed E-state index contributed by atoms with van der Waals surface area (Å²) in [5.41, 5.74) is -3.60. The molecule has 0 radical (unpaired) electrons. The molecule has 0 fully saturated rings. The quantitative estimate of drug-likeness (QED) is 0.514. The predicted octanol–water partition coefficient (Wildman–Crippen LogP) is 1.12. The van der Waals surface area contributed by atoms with Crippen LogP contribution < -0.4 is 21.7 Å². The van der Waals surface area contributed by atoms with E-state index in [0.29, 0.717) is 16.2 Å². The van der Waals surface area contributed by atoms with Gasteiger partial charge in [-0.05, 0) is 35.9 Å². The highest BCUT2D eigenvalue weighted by Crippen LogP contribution is 2.29. The van der Waals surface area contributed by atoms with Crippen LogP contribution in [-0.2, 0) is 22.7 Å². The van der Waals surface area contributed by atoms with Gasteiger partial charge in [0.15, 0.2) is 0 Å². The van der Waals surface area contributed by atoms with Crippen LogP contribution in [0.15, 0.2) is 69.2 Å². The Morgan fingerprint density at radius 1 is 1.09 bits per heavy atom. The number of amides is 1. The molecule has 9 nitrogen and oxygen atoms in total. The predicted molar refractivity (Wildman–Crippen MR) is 107 cm³/mol. The fourth-order valence-corrected chi connectivity index (χ4v) is 3.28. The van der Waals surface area contributed by atoms with Crippen LogP contribution in [-0.4, -0.2) is 23.9 Å². The number of hydrogen-bond acceptors (Lipinski definition) is 5. The number of rotatable bonds is 5. The van der Waals surface area contributed by atoms with E-state index in [2.05, 4.69) is 10.3 Å². The number of carbonyl (C=O) groups excluding carboxylic acids is 1. The van der Waals surface area contributed by atoms with E-state index in [1.54, 1.807) is 0 Å². The van der Waals surface area contributed by atoms with E-state index in [0.717, 1.165) is 24.4 Å². The summed E-state index contributed by atoms with van der Waals surface area (Å²) in [6.45, 7) is -0.105. The first kappa shape index (κ1) is 23.0. The number of carbonyl (C=O) groups is 1. The molecule has 3 aromatic rings. The van der Waals surface area contributed by atoms with Crippen LogP contribution >= 0.6 is 0 Å². The van der Waals surface area contributed by atoms with Gasteiger partial charge < -0.3 is 10.3 Å². The molecule has 0 saturated heterocycles. The molecule has 0 aliphatic carbocycles. The minimum absolute atomic E-state index is 0.105. The molecule has 1 heterocycles. The molecule has 13 heteroatoms. The summed E-state index contributed by atoms with van der Waals surface area (Å²) in [7, 11) is -3.88. The Morgan fingerprint density at radius 3 is 2.34 bits per heavy atom. The molecule has 2 aromatic carbocycles. The van der Waals surface area contributed by atoms with Crippen LogP contribution in [0.1, 0.15) is 21.5 Å². The zero-order chi connectivity index (χ0) is 23.7. The molecule has 0 aliphatic heterocycles. The van der Waals surface area contributed by atoms with Gasteiger partial charge in [0.05, 0.1) is 16.1 Å². The standard InChI is InChI=1S/C19H15F3N4O5S/c20-19(21,22)12-2-1-3-13(8-12)26-17(28)15(10-25-18(26)29)16(27)24-9-11-4-6-14(7-5-11)32(23,30)31/h1-8,10H,9H2,(H,24,27)(H,25,29)(H2,23,30,31). The Hall–Kier alpha value is -3.71. The molecule has 0 spiro atoms. The van der Waals surface area contributed by atoms with E-state index in [-0.39, 0.29) is 17.1 Å². The molecule has 1 amide bonds. The Bertz CT molecular complexity index is 1390. The second kappa shape index (κ2) is 8.43. The lowest BCUT2D eigenvalue weighted by molar-refractivity contribution is -0.137. The normalized spacial score (nSPS) is 11.9. The highest BCUT2D eigenvalue weighted by atomic mass is 32.2. The molecule has 32 heavy (non-hydrogen) atoms. The van der Waals surface area contributed by atoms with Crippen LogP contribution in [0.25, 0.3) is 5.69 Å². The Kier molecular flexibility index (Phi) is 6.05. The van der Waals surface area contributed by atoms with Crippen molar-refractivity contribution in [1.82, 2.24) is 14.9 Å². The molecule has 0 atom stereocenters. The lowest BCUT2D eigenvalue weighted by Gasteiger charge is -2.11. The summed E-state index contributed by atoms with van der Waals surface area (Å²) in [5.74, 6) is -0.900. The van der Waals surface area contributed by atoms with Gasteiger partial charge in [0.2, 0.25) is 10.0 Å². The minimum Gasteiger partial charge on any atom is -0.348 e. The van der Waals surface area contributed by atoms with Gasteiger partial charge in [-0.3, -0.25) is 9.59 Å². The number of halogens is 3. The summed E-state index contributed by atoms with van der Waals surface area (Å²) >= 11 is 0. The van der Waals surface area contributed by atoms with Gasteiger partial charge in [0.25, 0.3) is 11.5 Å². The van der Waals surface area contributed by atoms with E-state index in [9.17, 15) is 36.0 Å². The number of nitrogens with two attached hydrogens (primary N) is 1. The van der Waals surface area contributed by atoms with Crippen molar-refractivity contribution in [2.75, 3.05) is 0 Å². The smallest absolute Gasteiger partial charge is 0.348 e. The highest BCUT2D eigenvalue weighted by Gasteiger charge is 2.31. The first-order valence-electron chi connectivity index (χ1n) is 8.80. The number of hydrogen-bond donors (Lipinski definition) is 3. The number of H-pyrrole nitrogens is 1. The van der Waals surface area contributed by atoms with E-state index < -0.39 is 44.5 Å². The van der Waals surface area contributed by atoms with Gasteiger partial charge in [-0.25, -0.2) is 22.9 Å². The molecule has 0 saturated carbocycles. The maximum atomic E-state index is 13.0. The largest absolute Gasteiger partial charge is 0.416 e. The maximum absolute atomic E-state index is 13.0. The third-order valence-corrected chi connectivity index (χ3v) is 5.29. The number of aromatic nitrogens is 2. The number of nitrogens with one attached hydrogen (secondary N) is 2. The van der Waals surface area contributed by atoms with Crippen molar-refractivity contribution < 1.29 is 26.4 Å². The summed E-state index contributed by atoms with van der Waals surface area (Å²) in [6.07, 6.45) is -3.84. The molecule has 0 unspecified atom stereocenters. The first-order valence-corrected chi connectivity index (χ1v) is 10.3. The summed E-state index contributed by atoms with van der Waals surface area (Å²) in [5, 5.41) is 7.42. The van der Waals surface area contributed by atoms with Crippen LogP contribution in [0.5, 0.6) is 0 Å². The van der Waals surface area contributed by atoms with E-state index in [1.807, 2.05) is 0 Å². The number of primary sulfonamides is 1. The van der Waals surface area contributed by atoms with E-state index >= 15 is 0 Å².